The summed E-state index contributed by atoms with van der Waals surface area (Å²) in [5, 5.41) is 4.42. The Labute approximate surface area is 209 Å². The molecule has 0 fully saturated rings. The van der Waals surface area contributed by atoms with Gasteiger partial charge in [0.1, 0.15) is 28.5 Å². The molecule has 36 heavy (non-hydrogen) atoms. The normalized spacial score (nSPS) is 11.2. The lowest BCUT2D eigenvalue weighted by molar-refractivity contribution is 0.322. The summed E-state index contributed by atoms with van der Waals surface area (Å²) < 4.78 is 47.4. The number of aromatic nitrogens is 4. The SMILES string of the molecule is CCOc1ccc(OCC)c(S(=O)(=O)Nc2ccc(Oc3cc(-n4nc(C)cc4C)ncn3)cc2)c1. The minimum atomic E-state index is -3.94. The maximum absolute atomic E-state index is 13.1. The van der Waals surface area contributed by atoms with Crippen LogP contribution in [0.3, 0.4) is 0 Å². The van der Waals surface area contributed by atoms with E-state index >= 15 is 0 Å². The zero-order valence-electron chi connectivity index (χ0n) is 20.4. The maximum Gasteiger partial charge on any atom is 0.265 e. The van der Waals surface area contributed by atoms with Crippen molar-refractivity contribution in [1.82, 2.24) is 19.7 Å². The largest absolute Gasteiger partial charge is 0.494 e. The molecule has 0 spiro atoms. The Hall–Kier alpha value is -4.12. The molecule has 0 saturated heterocycles. The number of aryl methyl sites for hydroxylation is 2. The van der Waals surface area contributed by atoms with Crippen molar-refractivity contribution in [2.24, 2.45) is 0 Å². The second kappa shape index (κ2) is 10.6. The highest BCUT2D eigenvalue weighted by Gasteiger charge is 2.21. The van der Waals surface area contributed by atoms with Gasteiger partial charge in [0.2, 0.25) is 5.88 Å². The molecule has 0 radical (unpaired) electrons. The van der Waals surface area contributed by atoms with Crippen molar-refractivity contribution >= 4 is 15.7 Å². The molecule has 0 aliphatic carbocycles. The lowest BCUT2D eigenvalue weighted by Gasteiger charge is -2.14. The third-order valence-corrected chi connectivity index (χ3v) is 6.40. The van der Waals surface area contributed by atoms with Gasteiger partial charge in [-0.25, -0.2) is 23.1 Å². The Kier molecular flexibility index (Phi) is 7.39. The van der Waals surface area contributed by atoms with Gasteiger partial charge in [0.15, 0.2) is 5.82 Å². The van der Waals surface area contributed by atoms with Crippen molar-refractivity contribution in [3.63, 3.8) is 0 Å². The van der Waals surface area contributed by atoms with Crippen LogP contribution < -0.4 is 18.9 Å². The smallest absolute Gasteiger partial charge is 0.265 e. The zero-order valence-corrected chi connectivity index (χ0v) is 21.2. The number of rotatable bonds is 10. The summed E-state index contributed by atoms with van der Waals surface area (Å²) in [5.41, 5.74) is 2.18. The van der Waals surface area contributed by atoms with E-state index in [1.807, 2.05) is 26.8 Å². The van der Waals surface area contributed by atoms with E-state index in [-0.39, 0.29) is 10.6 Å². The van der Waals surface area contributed by atoms with Crippen LogP contribution >= 0.6 is 0 Å². The fourth-order valence-electron chi connectivity index (χ4n) is 3.51. The molecule has 188 valence electrons. The van der Waals surface area contributed by atoms with Crippen molar-refractivity contribution in [2.75, 3.05) is 17.9 Å². The highest BCUT2D eigenvalue weighted by Crippen LogP contribution is 2.31. The van der Waals surface area contributed by atoms with Gasteiger partial charge in [-0.3, -0.25) is 4.72 Å². The molecule has 0 aliphatic heterocycles. The van der Waals surface area contributed by atoms with Crippen LogP contribution in [0.15, 0.2) is 65.8 Å². The van der Waals surface area contributed by atoms with Crippen LogP contribution in [-0.2, 0) is 10.0 Å². The molecule has 4 rings (SSSR count). The minimum absolute atomic E-state index is 0.00621. The van der Waals surface area contributed by atoms with Crippen LogP contribution in [0.25, 0.3) is 5.82 Å². The van der Waals surface area contributed by atoms with Gasteiger partial charge in [-0.2, -0.15) is 5.10 Å². The van der Waals surface area contributed by atoms with E-state index in [9.17, 15) is 8.42 Å². The molecule has 2 aromatic carbocycles. The quantitative estimate of drug-likeness (QED) is 0.328. The predicted molar refractivity (Wildman–Crippen MR) is 135 cm³/mol. The molecule has 0 unspecified atom stereocenters. The lowest BCUT2D eigenvalue weighted by Crippen LogP contribution is -2.14. The molecular weight excluding hydrogens is 482 g/mol. The number of hydrogen-bond donors (Lipinski definition) is 1. The molecule has 0 saturated carbocycles. The Morgan fingerprint density at radius 1 is 0.889 bits per heavy atom. The molecule has 0 atom stereocenters. The zero-order chi connectivity index (χ0) is 25.7. The Morgan fingerprint density at radius 2 is 1.61 bits per heavy atom. The molecule has 0 aliphatic rings. The molecule has 10 nitrogen and oxygen atoms in total. The molecule has 0 bridgehead atoms. The summed E-state index contributed by atoms with van der Waals surface area (Å²) in [6.07, 6.45) is 1.40. The molecule has 2 heterocycles. The van der Waals surface area contributed by atoms with Crippen molar-refractivity contribution in [3.8, 4) is 28.9 Å². The average Bonchev–Trinajstić information content (AvgIpc) is 3.19. The van der Waals surface area contributed by atoms with Crippen LogP contribution in [-0.4, -0.2) is 41.4 Å². The molecule has 4 aromatic rings. The summed E-state index contributed by atoms with van der Waals surface area (Å²) in [4.78, 5) is 8.41. The van der Waals surface area contributed by atoms with Crippen LogP contribution in [0.2, 0.25) is 0 Å². The van der Waals surface area contributed by atoms with Crippen LogP contribution in [0, 0.1) is 13.8 Å². The van der Waals surface area contributed by atoms with Gasteiger partial charge in [-0.15, -0.1) is 0 Å². The maximum atomic E-state index is 13.1. The number of ether oxygens (including phenoxy) is 3. The minimum Gasteiger partial charge on any atom is -0.494 e. The summed E-state index contributed by atoms with van der Waals surface area (Å²) in [6.45, 7) is 8.20. The number of anilines is 1. The number of benzene rings is 2. The molecular formula is C25H27N5O5S. The predicted octanol–water partition coefficient (Wildman–Crippen LogP) is 4.67. The van der Waals surface area contributed by atoms with E-state index in [2.05, 4.69) is 19.8 Å². The third kappa shape index (κ3) is 5.74. The van der Waals surface area contributed by atoms with E-state index in [1.165, 1.54) is 12.4 Å². The second-order valence-electron chi connectivity index (χ2n) is 7.76. The first-order valence-electron chi connectivity index (χ1n) is 11.3. The summed E-state index contributed by atoms with van der Waals surface area (Å²) in [6, 6.07) is 14.8. The fraction of sp³-hybridized carbons (Fsp3) is 0.240. The van der Waals surface area contributed by atoms with Crippen LogP contribution in [0.5, 0.6) is 23.1 Å². The first kappa shape index (κ1) is 25.0. The van der Waals surface area contributed by atoms with Gasteiger partial charge in [0, 0.05) is 23.5 Å². The van der Waals surface area contributed by atoms with Crippen LogP contribution in [0.4, 0.5) is 5.69 Å². The molecule has 2 aromatic heterocycles. The van der Waals surface area contributed by atoms with Gasteiger partial charge in [0.25, 0.3) is 10.0 Å². The topological polar surface area (TPSA) is 117 Å². The Bertz CT molecular complexity index is 1450. The monoisotopic (exact) mass is 509 g/mol. The van der Waals surface area contributed by atoms with E-state index in [4.69, 9.17) is 14.2 Å². The van der Waals surface area contributed by atoms with E-state index in [0.717, 1.165) is 11.4 Å². The Morgan fingerprint density at radius 3 is 2.28 bits per heavy atom. The molecule has 11 heteroatoms. The van der Waals surface area contributed by atoms with E-state index in [1.54, 1.807) is 54.1 Å². The van der Waals surface area contributed by atoms with Gasteiger partial charge in [-0.05, 0) is 70.2 Å². The highest BCUT2D eigenvalue weighted by atomic mass is 32.2. The fourth-order valence-corrected chi connectivity index (χ4v) is 4.73. The van der Waals surface area contributed by atoms with Crippen LogP contribution in [0.1, 0.15) is 25.2 Å². The van der Waals surface area contributed by atoms with E-state index in [0.29, 0.717) is 42.1 Å². The second-order valence-corrected chi connectivity index (χ2v) is 9.41. The van der Waals surface area contributed by atoms with Crippen molar-refractivity contribution in [2.45, 2.75) is 32.6 Å². The first-order valence-corrected chi connectivity index (χ1v) is 12.8. The lowest BCUT2D eigenvalue weighted by atomic mass is 10.3. The first-order chi connectivity index (χ1) is 17.3. The Balaban J connectivity index is 1.51. The summed E-state index contributed by atoms with van der Waals surface area (Å²) in [5.74, 6) is 2.07. The summed E-state index contributed by atoms with van der Waals surface area (Å²) in [7, 11) is -3.94. The van der Waals surface area contributed by atoms with Gasteiger partial charge in [0.05, 0.1) is 18.9 Å². The van der Waals surface area contributed by atoms with Crippen molar-refractivity contribution < 1.29 is 22.6 Å². The number of sulfonamides is 1. The van der Waals surface area contributed by atoms with Crippen molar-refractivity contribution in [1.29, 1.82) is 0 Å². The van der Waals surface area contributed by atoms with Gasteiger partial charge in [-0.1, -0.05) is 0 Å². The van der Waals surface area contributed by atoms with Gasteiger partial charge >= 0.3 is 0 Å². The standard InChI is InChI=1S/C25H27N5O5S/c1-5-33-21-11-12-22(34-6-2)23(14-21)36(31,32)29-19-7-9-20(10-8-19)35-25-15-24(26-16-27-25)30-18(4)13-17(3)28-30/h7-16,29H,5-6H2,1-4H3. The highest BCUT2D eigenvalue weighted by molar-refractivity contribution is 7.92. The number of nitrogens with zero attached hydrogens (tertiary/aromatic N) is 4. The number of hydrogen-bond acceptors (Lipinski definition) is 8. The van der Waals surface area contributed by atoms with Gasteiger partial charge < -0.3 is 14.2 Å². The van der Waals surface area contributed by atoms with E-state index < -0.39 is 10.0 Å². The number of nitrogens with one attached hydrogen (secondary N) is 1. The average molecular weight is 510 g/mol. The molecule has 1 N–H and O–H groups in total. The summed E-state index contributed by atoms with van der Waals surface area (Å²) >= 11 is 0. The molecule has 0 amide bonds. The van der Waals surface area contributed by atoms with Crippen molar-refractivity contribution in [3.05, 3.63) is 72.3 Å². The third-order valence-electron chi connectivity index (χ3n) is 5.00.